The number of aromatic hydroxyl groups is 1. The van der Waals surface area contributed by atoms with Gasteiger partial charge in [-0.05, 0) is 29.3 Å². The Labute approximate surface area is 138 Å². The Morgan fingerprint density at radius 2 is 1.86 bits per heavy atom. The molecule has 22 heavy (non-hydrogen) atoms. The Balaban J connectivity index is 1.89. The first-order valence-corrected chi connectivity index (χ1v) is 7.96. The number of benzene rings is 2. The van der Waals surface area contributed by atoms with E-state index in [1.54, 1.807) is 23.9 Å². The first-order valence-electron chi connectivity index (χ1n) is 6.60. The molecule has 0 aromatic heterocycles. The summed E-state index contributed by atoms with van der Waals surface area (Å²) < 4.78 is 0. The lowest BCUT2D eigenvalue weighted by atomic mass is 10.1. The molecule has 0 spiro atoms. The number of halogens is 1. The maximum Gasteiger partial charge on any atom is 0.134 e. The Kier molecular flexibility index (Phi) is 6.30. The quantitative estimate of drug-likeness (QED) is 0.479. The maximum absolute atomic E-state index is 9.40. The molecule has 3 N–H and O–H groups in total. The average molecular weight is 334 g/mol. The van der Waals surface area contributed by atoms with Gasteiger partial charge in [0.15, 0.2) is 0 Å². The van der Waals surface area contributed by atoms with Gasteiger partial charge < -0.3 is 10.8 Å². The summed E-state index contributed by atoms with van der Waals surface area (Å²) >= 11 is 7.56. The van der Waals surface area contributed by atoms with Crippen LogP contribution < -0.4 is 5.73 Å². The molecule has 0 aliphatic rings. The summed E-state index contributed by atoms with van der Waals surface area (Å²) in [4.78, 5) is 8.86. The standard InChI is InChI=1S/C16H16ClN3OS/c17-15-7-14(5-6-16(15)21)22-9-13-3-1-12(2-4-13)8-19-11-20-10-18/h1-7,10-11,21H,8-9H2,(H2,18,19,20). The average Bonchev–Trinajstić information content (AvgIpc) is 2.54. The zero-order chi connectivity index (χ0) is 15.8. The number of aliphatic imine (C=N–C) groups is 2. The Morgan fingerprint density at radius 1 is 1.14 bits per heavy atom. The molecule has 6 heteroatoms. The molecule has 0 aliphatic heterocycles. The van der Waals surface area contributed by atoms with E-state index in [2.05, 4.69) is 22.1 Å². The third-order valence-corrected chi connectivity index (χ3v) is 4.22. The fourth-order valence-corrected chi connectivity index (χ4v) is 2.85. The normalized spacial score (nSPS) is 11.5. The van der Waals surface area contributed by atoms with Gasteiger partial charge in [-0.3, -0.25) is 4.99 Å². The molecule has 0 unspecified atom stereocenters. The van der Waals surface area contributed by atoms with Crippen molar-refractivity contribution in [1.29, 1.82) is 0 Å². The van der Waals surface area contributed by atoms with Crippen molar-refractivity contribution >= 4 is 36.0 Å². The SMILES string of the molecule is NC=NC=NCc1ccc(CSc2ccc(O)c(Cl)c2)cc1. The van der Waals surface area contributed by atoms with Crippen LogP contribution in [0.1, 0.15) is 11.1 Å². The number of rotatable bonds is 6. The van der Waals surface area contributed by atoms with E-state index in [1.165, 1.54) is 18.2 Å². The molecule has 2 rings (SSSR count). The van der Waals surface area contributed by atoms with Crippen molar-refractivity contribution < 1.29 is 5.11 Å². The van der Waals surface area contributed by atoms with Gasteiger partial charge in [-0.25, -0.2) is 4.99 Å². The minimum atomic E-state index is 0.106. The molecule has 0 saturated heterocycles. The van der Waals surface area contributed by atoms with Crippen LogP contribution >= 0.6 is 23.4 Å². The van der Waals surface area contributed by atoms with Crippen LogP contribution in [0.4, 0.5) is 0 Å². The van der Waals surface area contributed by atoms with E-state index < -0.39 is 0 Å². The molecular formula is C16H16ClN3OS. The molecule has 0 saturated carbocycles. The number of phenolic OH excluding ortho intramolecular Hbond substituents is 1. The predicted octanol–water partition coefficient (Wildman–Crippen LogP) is 3.85. The number of hydrogen-bond donors (Lipinski definition) is 2. The molecule has 2 aromatic rings. The van der Waals surface area contributed by atoms with E-state index in [-0.39, 0.29) is 5.75 Å². The number of hydrogen-bond acceptors (Lipinski definition) is 3. The second kappa shape index (κ2) is 8.46. The predicted molar refractivity (Wildman–Crippen MR) is 94.0 cm³/mol. The second-order valence-corrected chi connectivity index (χ2v) is 5.93. The van der Waals surface area contributed by atoms with E-state index in [0.717, 1.165) is 16.2 Å². The molecule has 0 atom stereocenters. The van der Waals surface area contributed by atoms with E-state index in [9.17, 15) is 5.11 Å². The number of thioether (sulfide) groups is 1. The summed E-state index contributed by atoms with van der Waals surface area (Å²) in [5, 5.41) is 9.77. The summed E-state index contributed by atoms with van der Waals surface area (Å²) in [5.74, 6) is 0.942. The van der Waals surface area contributed by atoms with Gasteiger partial charge >= 0.3 is 0 Å². The highest BCUT2D eigenvalue weighted by atomic mass is 35.5. The first-order chi connectivity index (χ1) is 10.7. The Bertz CT molecular complexity index is 672. The number of nitrogens with zero attached hydrogens (tertiary/aromatic N) is 2. The van der Waals surface area contributed by atoms with Crippen molar-refractivity contribution in [2.24, 2.45) is 15.7 Å². The molecule has 0 aliphatic carbocycles. The van der Waals surface area contributed by atoms with Gasteiger partial charge in [0.1, 0.15) is 12.1 Å². The van der Waals surface area contributed by atoms with Crippen LogP contribution in [0.5, 0.6) is 5.75 Å². The van der Waals surface area contributed by atoms with Crippen molar-refractivity contribution in [3.63, 3.8) is 0 Å². The smallest absolute Gasteiger partial charge is 0.134 e. The van der Waals surface area contributed by atoms with Gasteiger partial charge in [0.2, 0.25) is 0 Å². The van der Waals surface area contributed by atoms with Crippen LogP contribution in [-0.2, 0) is 12.3 Å². The molecule has 114 valence electrons. The maximum atomic E-state index is 9.40. The van der Waals surface area contributed by atoms with Gasteiger partial charge in [-0.2, -0.15) is 0 Å². The van der Waals surface area contributed by atoms with Crippen molar-refractivity contribution in [1.82, 2.24) is 0 Å². The number of nitrogens with two attached hydrogens (primary N) is 1. The molecule has 0 fully saturated rings. The van der Waals surface area contributed by atoms with Crippen LogP contribution in [-0.4, -0.2) is 17.8 Å². The summed E-state index contributed by atoms with van der Waals surface area (Å²) in [6.07, 6.45) is 2.65. The Morgan fingerprint density at radius 3 is 2.55 bits per heavy atom. The van der Waals surface area contributed by atoms with Crippen LogP contribution in [0.15, 0.2) is 57.3 Å². The van der Waals surface area contributed by atoms with Gasteiger partial charge in [-0.15, -0.1) is 11.8 Å². The molecule has 0 bridgehead atoms. The highest BCUT2D eigenvalue weighted by molar-refractivity contribution is 7.98. The van der Waals surface area contributed by atoms with E-state index in [4.69, 9.17) is 17.3 Å². The summed E-state index contributed by atoms with van der Waals surface area (Å²) in [6, 6.07) is 13.5. The Hall–Kier alpha value is -1.98. The zero-order valence-corrected chi connectivity index (χ0v) is 13.4. The van der Waals surface area contributed by atoms with Gasteiger partial charge in [-0.1, -0.05) is 35.9 Å². The third kappa shape index (κ3) is 5.09. The molecule has 4 nitrogen and oxygen atoms in total. The summed E-state index contributed by atoms with van der Waals surface area (Å²) in [5.41, 5.74) is 7.45. The van der Waals surface area contributed by atoms with Crippen molar-refractivity contribution in [3.8, 4) is 5.75 Å². The second-order valence-electron chi connectivity index (χ2n) is 4.47. The van der Waals surface area contributed by atoms with Crippen LogP contribution in [0, 0.1) is 0 Å². The minimum Gasteiger partial charge on any atom is -0.506 e. The number of phenols is 1. The van der Waals surface area contributed by atoms with Crippen LogP contribution in [0.2, 0.25) is 5.02 Å². The monoisotopic (exact) mass is 333 g/mol. The fourth-order valence-electron chi connectivity index (χ4n) is 1.72. The van der Waals surface area contributed by atoms with Crippen molar-refractivity contribution in [3.05, 3.63) is 58.6 Å². The lowest BCUT2D eigenvalue weighted by molar-refractivity contribution is 0.475. The van der Waals surface area contributed by atoms with E-state index in [1.807, 2.05) is 18.2 Å². The first kappa shape index (κ1) is 16.4. The van der Waals surface area contributed by atoms with Gasteiger partial charge in [0.05, 0.1) is 17.9 Å². The lowest BCUT2D eigenvalue weighted by Gasteiger charge is -2.04. The largest absolute Gasteiger partial charge is 0.506 e. The topological polar surface area (TPSA) is 71.0 Å². The third-order valence-electron chi connectivity index (χ3n) is 2.86. The van der Waals surface area contributed by atoms with Crippen LogP contribution in [0.25, 0.3) is 0 Å². The van der Waals surface area contributed by atoms with Crippen molar-refractivity contribution in [2.75, 3.05) is 0 Å². The van der Waals surface area contributed by atoms with Gasteiger partial charge in [0.25, 0.3) is 0 Å². The lowest BCUT2D eigenvalue weighted by Crippen LogP contribution is -1.88. The summed E-state index contributed by atoms with van der Waals surface area (Å²) in [6.45, 7) is 0.582. The highest BCUT2D eigenvalue weighted by Gasteiger charge is 2.01. The van der Waals surface area contributed by atoms with E-state index >= 15 is 0 Å². The highest BCUT2D eigenvalue weighted by Crippen LogP contribution is 2.30. The zero-order valence-electron chi connectivity index (χ0n) is 11.8. The van der Waals surface area contributed by atoms with Crippen LogP contribution in [0.3, 0.4) is 0 Å². The minimum absolute atomic E-state index is 0.106. The molecular weight excluding hydrogens is 318 g/mol. The van der Waals surface area contributed by atoms with E-state index in [0.29, 0.717) is 11.6 Å². The van der Waals surface area contributed by atoms with Crippen molar-refractivity contribution in [2.45, 2.75) is 17.2 Å². The fraction of sp³-hybridized carbons (Fsp3) is 0.125. The van der Waals surface area contributed by atoms with Gasteiger partial charge in [0, 0.05) is 10.6 Å². The summed E-state index contributed by atoms with van der Waals surface area (Å²) in [7, 11) is 0. The molecule has 0 amide bonds. The molecule has 0 heterocycles. The molecule has 0 radical (unpaired) electrons. The molecule has 2 aromatic carbocycles.